The molecule has 2 aromatic heterocycles. The van der Waals surface area contributed by atoms with Crippen molar-refractivity contribution in [3.8, 4) is 10.6 Å². The highest BCUT2D eigenvalue weighted by molar-refractivity contribution is 7.13. The van der Waals surface area contributed by atoms with Crippen molar-refractivity contribution in [2.75, 3.05) is 5.32 Å². The van der Waals surface area contributed by atoms with Crippen LogP contribution in [-0.2, 0) is 6.54 Å². The van der Waals surface area contributed by atoms with E-state index in [0.29, 0.717) is 12.2 Å². The number of nitrogens with zero attached hydrogens (tertiary/aromatic N) is 2. The van der Waals surface area contributed by atoms with Gasteiger partial charge in [-0.2, -0.15) is 0 Å². The fourth-order valence-corrected chi connectivity index (χ4v) is 2.71. The molecule has 5 nitrogen and oxygen atoms in total. The summed E-state index contributed by atoms with van der Waals surface area (Å²) in [4.78, 5) is 20.3. The Labute approximate surface area is 132 Å². The van der Waals surface area contributed by atoms with Crippen LogP contribution in [0.15, 0.2) is 60.2 Å². The molecule has 6 heteroatoms. The Morgan fingerprint density at radius 3 is 2.77 bits per heavy atom. The molecule has 0 saturated carbocycles. The van der Waals surface area contributed by atoms with Crippen molar-refractivity contribution in [2.24, 2.45) is 0 Å². The van der Waals surface area contributed by atoms with E-state index in [1.54, 1.807) is 35.9 Å². The minimum atomic E-state index is -0.276. The molecule has 0 unspecified atom stereocenters. The lowest BCUT2D eigenvalue weighted by atomic mass is 10.2. The summed E-state index contributed by atoms with van der Waals surface area (Å²) in [7, 11) is 0. The first kappa shape index (κ1) is 14.2. The summed E-state index contributed by atoms with van der Waals surface area (Å²) in [5, 5.41) is 8.39. The van der Waals surface area contributed by atoms with E-state index in [2.05, 4.69) is 20.6 Å². The summed E-state index contributed by atoms with van der Waals surface area (Å²) >= 11 is 1.57. The maximum absolute atomic E-state index is 11.8. The zero-order chi connectivity index (χ0) is 15.2. The van der Waals surface area contributed by atoms with Crippen molar-refractivity contribution in [3.63, 3.8) is 0 Å². The first-order chi connectivity index (χ1) is 10.8. The van der Waals surface area contributed by atoms with Gasteiger partial charge in [-0.25, -0.2) is 9.78 Å². The number of carbonyl (C=O) groups excluding carboxylic acids is 1. The van der Waals surface area contributed by atoms with Crippen molar-refractivity contribution in [1.29, 1.82) is 0 Å². The van der Waals surface area contributed by atoms with Crippen LogP contribution in [0.2, 0.25) is 0 Å². The number of aromatic nitrogens is 2. The van der Waals surface area contributed by atoms with Crippen LogP contribution in [-0.4, -0.2) is 16.0 Å². The van der Waals surface area contributed by atoms with Crippen molar-refractivity contribution < 1.29 is 4.79 Å². The highest BCUT2D eigenvalue weighted by Gasteiger charge is 2.06. The van der Waals surface area contributed by atoms with E-state index in [1.807, 2.05) is 35.7 Å². The molecule has 0 fully saturated rings. The lowest BCUT2D eigenvalue weighted by molar-refractivity contribution is 0.251. The lowest BCUT2D eigenvalue weighted by Crippen LogP contribution is -2.28. The summed E-state index contributed by atoms with van der Waals surface area (Å²) < 4.78 is 0. The summed E-state index contributed by atoms with van der Waals surface area (Å²) in [6.07, 6.45) is 3.25. The maximum atomic E-state index is 11.8. The minimum Gasteiger partial charge on any atom is -0.332 e. The highest BCUT2D eigenvalue weighted by atomic mass is 32.1. The van der Waals surface area contributed by atoms with Crippen LogP contribution >= 0.6 is 11.3 Å². The largest absolute Gasteiger partial charge is 0.332 e. The molecule has 0 aliphatic carbocycles. The Hall–Kier alpha value is -2.73. The van der Waals surface area contributed by atoms with Crippen LogP contribution in [0.25, 0.3) is 10.6 Å². The fourth-order valence-electron chi connectivity index (χ4n) is 1.88. The van der Waals surface area contributed by atoms with Crippen LogP contribution in [0.1, 0.15) is 5.69 Å². The Bertz CT molecular complexity index is 743. The molecule has 0 aliphatic heterocycles. The van der Waals surface area contributed by atoms with E-state index in [4.69, 9.17) is 0 Å². The summed E-state index contributed by atoms with van der Waals surface area (Å²) in [6.45, 7) is 0.384. The van der Waals surface area contributed by atoms with Crippen molar-refractivity contribution in [1.82, 2.24) is 15.3 Å². The van der Waals surface area contributed by atoms with Gasteiger partial charge in [0.1, 0.15) is 5.01 Å². The lowest BCUT2D eigenvalue weighted by Gasteiger charge is -2.05. The Kier molecular flexibility index (Phi) is 4.41. The fraction of sp³-hybridized carbons (Fsp3) is 0.0625. The summed E-state index contributed by atoms with van der Waals surface area (Å²) in [5.74, 6) is 0. The molecule has 0 atom stereocenters. The zero-order valence-electron chi connectivity index (χ0n) is 11.7. The molecular formula is C16H14N4OS. The molecule has 2 N–H and O–H groups in total. The molecule has 1 aromatic carbocycles. The number of hydrogen-bond donors (Lipinski definition) is 2. The third-order valence-electron chi connectivity index (χ3n) is 2.92. The van der Waals surface area contributed by atoms with Gasteiger partial charge in [0.2, 0.25) is 0 Å². The second-order valence-corrected chi connectivity index (χ2v) is 5.42. The first-order valence-corrected chi connectivity index (χ1v) is 7.64. The van der Waals surface area contributed by atoms with Gasteiger partial charge in [0.15, 0.2) is 0 Å². The average molecular weight is 310 g/mol. The van der Waals surface area contributed by atoms with Gasteiger partial charge >= 0.3 is 6.03 Å². The number of carbonyl (C=O) groups is 1. The number of amides is 2. The Balaban J connectivity index is 1.56. The van der Waals surface area contributed by atoms with Crippen molar-refractivity contribution >= 4 is 23.1 Å². The standard InChI is InChI=1S/C16H14N4OS/c21-16(20-13-7-4-8-17-9-13)18-10-14-11-22-15(19-14)12-5-2-1-3-6-12/h1-9,11H,10H2,(H2,18,20,21). The van der Waals surface area contributed by atoms with Gasteiger partial charge in [-0.3, -0.25) is 4.98 Å². The molecule has 2 heterocycles. The smallest absolute Gasteiger partial charge is 0.319 e. The third-order valence-corrected chi connectivity index (χ3v) is 3.86. The van der Waals surface area contributed by atoms with Gasteiger partial charge in [-0.15, -0.1) is 11.3 Å². The van der Waals surface area contributed by atoms with Gasteiger partial charge < -0.3 is 10.6 Å². The quantitative estimate of drug-likeness (QED) is 0.774. The van der Waals surface area contributed by atoms with Gasteiger partial charge in [0.25, 0.3) is 0 Å². The van der Waals surface area contributed by atoms with Gasteiger partial charge in [0, 0.05) is 17.1 Å². The Morgan fingerprint density at radius 2 is 2.00 bits per heavy atom. The van der Waals surface area contributed by atoms with Crippen LogP contribution in [0.5, 0.6) is 0 Å². The van der Waals surface area contributed by atoms with Crippen LogP contribution in [0.4, 0.5) is 10.5 Å². The van der Waals surface area contributed by atoms with Crippen molar-refractivity contribution in [2.45, 2.75) is 6.54 Å². The van der Waals surface area contributed by atoms with Gasteiger partial charge in [-0.05, 0) is 12.1 Å². The molecule has 0 radical (unpaired) electrons. The van der Waals surface area contributed by atoms with Gasteiger partial charge in [0.05, 0.1) is 24.1 Å². The average Bonchev–Trinajstić information content (AvgIpc) is 3.04. The van der Waals surface area contributed by atoms with E-state index in [-0.39, 0.29) is 6.03 Å². The van der Waals surface area contributed by atoms with Crippen molar-refractivity contribution in [3.05, 3.63) is 65.9 Å². The SMILES string of the molecule is O=C(NCc1csc(-c2ccccc2)n1)Nc1cccnc1. The molecular weight excluding hydrogens is 296 g/mol. The maximum Gasteiger partial charge on any atom is 0.319 e. The predicted molar refractivity (Wildman–Crippen MR) is 87.6 cm³/mol. The second kappa shape index (κ2) is 6.82. The number of anilines is 1. The van der Waals surface area contributed by atoms with E-state index >= 15 is 0 Å². The van der Waals surface area contributed by atoms with E-state index < -0.39 is 0 Å². The molecule has 0 saturated heterocycles. The number of pyridine rings is 1. The molecule has 22 heavy (non-hydrogen) atoms. The number of rotatable bonds is 4. The monoisotopic (exact) mass is 310 g/mol. The summed E-state index contributed by atoms with van der Waals surface area (Å²) in [5.41, 5.74) is 2.58. The van der Waals surface area contributed by atoms with Crippen LogP contribution in [0.3, 0.4) is 0 Å². The topological polar surface area (TPSA) is 66.9 Å². The molecule has 0 spiro atoms. The normalized spacial score (nSPS) is 10.2. The van der Waals surface area contributed by atoms with Crippen LogP contribution < -0.4 is 10.6 Å². The molecule has 3 rings (SSSR count). The predicted octanol–water partition coefficient (Wildman–Crippen LogP) is 3.53. The number of nitrogens with one attached hydrogen (secondary N) is 2. The molecule has 0 aliphatic rings. The molecule has 0 bridgehead atoms. The van der Waals surface area contributed by atoms with E-state index in [9.17, 15) is 4.79 Å². The second-order valence-electron chi connectivity index (χ2n) is 4.56. The van der Waals surface area contributed by atoms with Crippen LogP contribution in [0, 0.1) is 0 Å². The number of urea groups is 1. The minimum absolute atomic E-state index is 0.276. The number of benzene rings is 1. The van der Waals surface area contributed by atoms with Gasteiger partial charge in [-0.1, -0.05) is 30.3 Å². The Morgan fingerprint density at radius 1 is 1.14 bits per heavy atom. The third kappa shape index (κ3) is 3.67. The number of thiazole rings is 1. The zero-order valence-corrected chi connectivity index (χ0v) is 12.5. The first-order valence-electron chi connectivity index (χ1n) is 6.76. The molecule has 110 valence electrons. The number of hydrogen-bond acceptors (Lipinski definition) is 4. The van der Waals surface area contributed by atoms with E-state index in [0.717, 1.165) is 16.3 Å². The summed E-state index contributed by atoms with van der Waals surface area (Å²) in [6, 6.07) is 13.2. The molecule has 3 aromatic rings. The molecule has 2 amide bonds. The highest BCUT2D eigenvalue weighted by Crippen LogP contribution is 2.23. The van der Waals surface area contributed by atoms with E-state index in [1.165, 1.54) is 0 Å².